The van der Waals surface area contributed by atoms with Crippen molar-refractivity contribution in [2.24, 2.45) is 7.05 Å². The second-order valence-corrected chi connectivity index (χ2v) is 5.26. The van der Waals surface area contributed by atoms with Crippen LogP contribution in [0, 0.1) is 12.7 Å². The fourth-order valence-electron chi connectivity index (χ4n) is 2.44. The van der Waals surface area contributed by atoms with Gasteiger partial charge in [-0.2, -0.15) is 5.10 Å². The molecule has 0 radical (unpaired) electrons. The van der Waals surface area contributed by atoms with Crippen LogP contribution in [-0.4, -0.2) is 14.8 Å². The summed E-state index contributed by atoms with van der Waals surface area (Å²) < 4.78 is 15.7. The highest BCUT2D eigenvalue weighted by Crippen LogP contribution is 2.28. The highest BCUT2D eigenvalue weighted by Gasteiger charge is 2.12. The predicted octanol–water partition coefficient (Wildman–Crippen LogP) is 3.59. The minimum Gasteiger partial charge on any atom is -0.378 e. The van der Waals surface area contributed by atoms with Crippen LogP contribution in [0.1, 0.15) is 24.2 Å². The van der Waals surface area contributed by atoms with Crippen LogP contribution < -0.4 is 5.32 Å². The Bertz CT molecular complexity index is 794. The maximum Gasteiger partial charge on any atom is 0.149 e. The van der Waals surface area contributed by atoms with Gasteiger partial charge in [-0.1, -0.05) is 12.1 Å². The van der Waals surface area contributed by atoms with Crippen molar-refractivity contribution in [3.63, 3.8) is 0 Å². The predicted molar refractivity (Wildman–Crippen MR) is 81.7 cm³/mol. The lowest BCUT2D eigenvalue weighted by molar-refractivity contribution is 0.636. The molecule has 0 saturated heterocycles. The zero-order valence-corrected chi connectivity index (χ0v) is 12.3. The number of aryl methyl sites for hydroxylation is 2. The van der Waals surface area contributed by atoms with Gasteiger partial charge < -0.3 is 5.32 Å². The number of hydrogen-bond acceptors (Lipinski definition) is 3. The van der Waals surface area contributed by atoms with Gasteiger partial charge in [0.2, 0.25) is 0 Å². The number of nitrogens with one attached hydrogen (secondary N) is 1. The summed E-state index contributed by atoms with van der Waals surface area (Å²) in [6.45, 7) is 3.92. The molecule has 0 amide bonds. The van der Waals surface area contributed by atoms with E-state index in [1.807, 2.05) is 38.5 Å². The normalized spacial score (nSPS) is 12.6. The number of rotatable bonds is 3. The fourth-order valence-corrected chi connectivity index (χ4v) is 2.44. The van der Waals surface area contributed by atoms with Crippen LogP contribution in [0.2, 0.25) is 0 Å². The summed E-state index contributed by atoms with van der Waals surface area (Å²) in [5.41, 5.74) is 3.15. The first-order chi connectivity index (χ1) is 10.0. The average molecular weight is 284 g/mol. The molecule has 3 aromatic rings. The number of pyridine rings is 1. The molecule has 1 atom stereocenters. The number of nitrogens with zero attached hydrogens (tertiary/aromatic N) is 3. The van der Waals surface area contributed by atoms with Gasteiger partial charge >= 0.3 is 0 Å². The summed E-state index contributed by atoms with van der Waals surface area (Å²) >= 11 is 0. The van der Waals surface area contributed by atoms with Crippen molar-refractivity contribution in [3.05, 3.63) is 53.7 Å². The van der Waals surface area contributed by atoms with Crippen molar-refractivity contribution in [2.75, 3.05) is 5.32 Å². The van der Waals surface area contributed by atoms with Crippen LogP contribution >= 0.6 is 0 Å². The lowest BCUT2D eigenvalue weighted by atomic mass is 10.1. The minimum absolute atomic E-state index is 0.0759. The Labute approximate surface area is 122 Å². The van der Waals surface area contributed by atoms with Crippen molar-refractivity contribution in [1.82, 2.24) is 14.8 Å². The molecule has 21 heavy (non-hydrogen) atoms. The summed E-state index contributed by atoms with van der Waals surface area (Å²) in [6, 6.07) is 7.03. The van der Waals surface area contributed by atoms with E-state index in [1.54, 1.807) is 10.7 Å². The first kappa shape index (κ1) is 13.5. The molecule has 3 rings (SSSR count). The van der Waals surface area contributed by atoms with Gasteiger partial charge in [0.05, 0.1) is 12.2 Å². The summed E-state index contributed by atoms with van der Waals surface area (Å²) in [6.07, 6.45) is 3.79. The van der Waals surface area contributed by atoms with Gasteiger partial charge in [0.25, 0.3) is 0 Å². The van der Waals surface area contributed by atoms with Gasteiger partial charge in [-0.05, 0) is 26.0 Å². The first-order valence-electron chi connectivity index (χ1n) is 6.85. The third kappa shape index (κ3) is 2.59. The molecule has 0 saturated carbocycles. The van der Waals surface area contributed by atoms with Crippen LogP contribution in [0.25, 0.3) is 10.9 Å². The molecule has 4 nitrogen and oxygen atoms in total. The van der Waals surface area contributed by atoms with Gasteiger partial charge in [0.15, 0.2) is 0 Å². The van der Waals surface area contributed by atoms with Crippen molar-refractivity contribution in [2.45, 2.75) is 19.9 Å². The van der Waals surface area contributed by atoms with Gasteiger partial charge in [0.1, 0.15) is 11.3 Å². The molecular formula is C16H17FN4. The van der Waals surface area contributed by atoms with E-state index in [1.165, 1.54) is 6.07 Å². The number of aromatic nitrogens is 3. The number of hydrogen-bond donors (Lipinski definition) is 1. The van der Waals surface area contributed by atoms with Crippen LogP contribution in [0.15, 0.2) is 36.7 Å². The van der Waals surface area contributed by atoms with Crippen LogP contribution in [0.4, 0.5) is 10.1 Å². The van der Waals surface area contributed by atoms with E-state index >= 15 is 0 Å². The fraction of sp³-hybridized carbons (Fsp3) is 0.250. The molecule has 1 N–H and O–H groups in total. The van der Waals surface area contributed by atoms with Gasteiger partial charge in [-0.3, -0.25) is 4.68 Å². The Hall–Kier alpha value is -2.43. The standard InChI is InChI=1S/C16H17FN4/c1-10-7-15(13-5-4-6-14(17)16(13)19-10)20-11(2)12-8-18-21(3)9-12/h4-9,11H,1-3H3,(H,19,20). The van der Waals surface area contributed by atoms with E-state index in [-0.39, 0.29) is 11.9 Å². The Kier molecular flexibility index (Phi) is 3.33. The number of anilines is 1. The monoisotopic (exact) mass is 284 g/mol. The smallest absolute Gasteiger partial charge is 0.149 e. The number of para-hydroxylation sites is 1. The zero-order chi connectivity index (χ0) is 15.0. The van der Waals surface area contributed by atoms with Crippen molar-refractivity contribution in [1.29, 1.82) is 0 Å². The summed E-state index contributed by atoms with van der Waals surface area (Å²) in [5.74, 6) is -0.298. The molecular weight excluding hydrogens is 267 g/mol. The molecule has 0 fully saturated rings. The molecule has 1 aromatic carbocycles. The quantitative estimate of drug-likeness (QED) is 0.799. The first-order valence-corrected chi connectivity index (χ1v) is 6.85. The maximum absolute atomic E-state index is 13.9. The molecule has 0 aliphatic carbocycles. The zero-order valence-electron chi connectivity index (χ0n) is 12.3. The summed E-state index contributed by atoms with van der Waals surface area (Å²) in [5, 5.41) is 8.39. The van der Waals surface area contributed by atoms with Crippen LogP contribution in [0.3, 0.4) is 0 Å². The summed E-state index contributed by atoms with van der Waals surface area (Å²) in [4.78, 5) is 4.29. The van der Waals surface area contributed by atoms with E-state index in [4.69, 9.17) is 0 Å². The minimum atomic E-state index is -0.298. The molecule has 108 valence electrons. The second kappa shape index (κ2) is 5.16. The molecule has 0 aliphatic heterocycles. The van der Waals surface area contributed by atoms with E-state index < -0.39 is 0 Å². The second-order valence-electron chi connectivity index (χ2n) is 5.26. The Balaban J connectivity index is 2.02. The lowest BCUT2D eigenvalue weighted by Gasteiger charge is -2.16. The third-order valence-corrected chi connectivity index (χ3v) is 3.52. The molecule has 2 aromatic heterocycles. The van der Waals surface area contributed by atoms with E-state index in [2.05, 4.69) is 22.3 Å². The molecule has 0 aliphatic rings. The average Bonchev–Trinajstić information content (AvgIpc) is 2.87. The highest BCUT2D eigenvalue weighted by atomic mass is 19.1. The van der Waals surface area contributed by atoms with Crippen LogP contribution in [0.5, 0.6) is 0 Å². The Morgan fingerprint density at radius 3 is 2.86 bits per heavy atom. The van der Waals surface area contributed by atoms with Crippen molar-refractivity contribution < 1.29 is 4.39 Å². The third-order valence-electron chi connectivity index (χ3n) is 3.52. The van der Waals surface area contributed by atoms with E-state index in [0.29, 0.717) is 5.52 Å². The maximum atomic E-state index is 13.9. The van der Waals surface area contributed by atoms with Crippen LogP contribution in [-0.2, 0) is 7.05 Å². The SMILES string of the molecule is Cc1cc(NC(C)c2cnn(C)c2)c2cccc(F)c2n1. The Morgan fingerprint density at radius 2 is 2.14 bits per heavy atom. The lowest BCUT2D eigenvalue weighted by Crippen LogP contribution is -2.07. The number of halogens is 1. The largest absolute Gasteiger partial charge is 0.378 e. The molecule has 0 bridgehead atoms. The highest BCUT2D eigenvalue weighted by molar-refractivity contribution is 5.91. The molecule has 2 heterocycles. The number of benzene rings is 1. The summed E-state index contributed by atoms with van der Waals surface area (Å²) in [7, 11) is 1.89. The van der Waals surface area contributed by atoms with Crippen molar-refractivity contribution >= 4 is 16.6 Å². The molecule has 1 unspecified atom stereocenters. The number of fused-ring (bicyclic) bond motifs is 1. The molecule has 5 heteroatoms. The van der Waals surface area contributed by atoms with Gasteiger partial charge in [0, 0.05) is 35.6 Å². The van der Waals surface area contributed by atoms with E-state index in [0.717, 1.165) is 22.3 Å². The van der Waals surface area contributed by atoms with Gasteiger partial charge in [-0.25, -0.2) is 9.37 Å². The van der Waals surface area contributed by atoms with Gasteiger partial charge in [-0.15, -0.1) is 0 Å². The Morgan fingerprint density at radius 1 is 1.33 bits per heavy atom. The van der Waals surface area contributed by atoms with Crippen molar-refractivity contribution in [3.8, 4) is 0 Å². The van der Waals surface area contributed by atoms with E-state index in [9.17, 15) is 4.39 Å². The topological polar surface area (TPSA) is 42.7 Å². The molecule has 0 spiro atoms.